The van der Waals surface area contributed by atoms with Crippen LogP contribution in [0.1, 0.15) is 43.5 Å². The highest BCUT2D eigenvalue weighted by Gasteiger charge is 2.40. The van der Waals surface area contributed by atoms with E-state index in [1.807, 2.05) is 0 Å². The molecule has 1 spiro atoms. The molecule has 0 saturated carbocycles. The van der Waals surface area contributed by atoms with Crippen LogP contribution in [0.15, 0.2) is 22.5 Å². The molecule has 2 aliphatic heterocycles. The van der Waals surface area contributed by atoms with Crippen molar-refractivity contribution in [1.29, 1.82) is 0 Å². The maximum atomic E-state index is 12.1. The minimum atomic E-state index is 0. The van der Waals surface area contributed by atoms with Crippen molar-refractivity contribution >= 4 is 47.2 Å². The van der Waals surface area contributed by atoms with Crippen molar-refractivity contribution in [3.63, 3.8) is 0 Å². The van der Waals surface area contributed by atoms with Gasteiger partial charge < -0.3 is 19.9 Å². The number of hydrogen-bond acceptors (Lipinski definition) is 4. The van der Waals surface area contributed by atoms with Gasteiger partial charge in [-0.25, -0.2) is 4.99 Å². The lowest BCUT2D eigenvalue weighted by atomic mass is 9.80. The number of carbonyl (C=O) groups excluding carboxylic acids is 1. The molecule has 8 heteroatoms. The number of ether oxygens (including phenoxy) is 1. The van der Waals surface area contributed by atoms with E-state index in [2.05, 4.69) is 34.7 Å². The monoisotopic (exact) mass is 520 g/mol. The third kappa shape index (κ3) is 5.82. The fraction of sp³-hybridized carbons (Fsp3) is 0.700. The maximum Gasteiger partial charge on any atom is 0.243 e. The molecule has 158 valence electrons. The van der Waals surface area contributed by atoms with Crippen molar-refractivity contribution in [1.82, 2.24) is 15.1 Å². The van der Waals surface area contributed by atoms with Gasteiger partial charge in [0.15, 0.2) is 5.96 Å². The number of rotatable bonds is 5. The average Bonchev–Trinajstić information content (AvgIpc) is 3.33. The van der Waals surface area contributed by atoms with E-state index >= 15 is 0 Å². The number of likely N-dealkylation sites (tertiary alicyclic amines) is 1. The van der Waals surface area contributed by atoms with Crippen molar-refractivity contribution in [3.05, 3.63) is 22.4 Å². The van der Waals surface area contributed by atoms with Gasteiger partial charge in [0, 0.05) is 45.3 Å². The van der Waals surface area contributed by atoms with Crippen LogP contribution in [0.25, 0.3) is 0 Å². The van der Waals surface area contributed by atoms with Crippen LogP contribution in [0.3, 0.4) is 0 Å². The van der Waals surface area contributed by atoms with E-state index < -0.39 is 0 Å². The van der Waals surface area contributed by atoms with Crippen molar-refractivity contribution in [2.24, 2.45) is 10.4 Å². The molecule has 28 heavy (non-hydrogen) atoms. The second-order valence-electron chi connectivity index (χ2n) is 7.83. The lowest BCUT2D eigenvalue weighted by molar-refractivity contribution is -0.127. The number of carbonyl (C=O) groups is 1. The summed E-state index contributed by atoms with van der Waals surface area (Å²) in [7, 11) is 3.55. The lowest BCUT2D eigenvalue weighted by Gasteiger charge is -2.34. The molecule has 2 saturated heterocycles. The third-order valence-electron chi connectivity index (χ3n) is 5.75. The van der Waals surface area contributed by atoms with E-state index in [-0.39, 0.29) is 42.5 Å². The highest BCUT2D eigenvalue weighted by molar-refractivity contribution is 14.0. The summed E-state index contributed by atoms with van der Waals surface area (Å²) in [5.41, 5.74) is 0.344. The molecular formula is C20H33IN4O2S. The summed E-state index contributed by atoms with van der Waals surface area (Å²) in [5.74, 6) is 0.896. The van der Waals surface area contributed by atoms with Crippen LogP contribution in [-0.4, -0.2) is 68.6 Å². The molecule has 3 heterocycles. The third-order valence-corrected chi connectivity index (χ3v) is 6.74. The average molecular weight is 520 g/mol. The van der Waals surface area contributed by atoms with Gasteiger partial charge in [-0.05, 0) is 42.5 Å². The summed E-state index contributed by atoms with van der Waals surface area (Å²) in [4.78, 5) is 22.1. The smallest absolute Gasteiger partial charge is 0.243 e. The highest BCUT2D eigenvalue weighted by Crippen LogP contribution is 2.39. The Bertz CT molecular complexity index is 645. The normalized spacial score (nSPS) is 20.0. The van der Waals surface area contributed by atoms with E-state index in [9.17, 15) is 4.79 Å². The molecule has 6 nitrogen and oxygen atoms in total. The van der Waals surface area contributed by atoms with E-state index in [0.29, 0.717) is 5.41 Å². The first-order valence-electron chi connectivity index (χ1n) is 9.90. The first-order chi connectivity index (χ1) is 13.0. The van der Waals surface area contributed by atoms with Gasteiger partial charge >= 0.3 is 0 Å². The number of amides is 1. The van der Waals surface area contributed by atoms with Gasteiger partial charge in [-0.1, -0.05) is 13.0 Å². The van der Waals surface area contributed by atoms with E-state index in [1.165, 1.54) is 11.3 Å². The summed E-state index contributed by atoms with van der Waals surface area (Å²) in [5, 5.41) is 5.76. The largest absolute Gasteiger partial charge is 0.381 e. The highest BCUT2D eigenvalue weighted by atomic mass is 127. The van der Waals surface area contributed by atoms with Crippen LogP contribution >= 0.6 is 35.3 Å². The minimum Gasteiger partial charge on any atom is -0.381 e. The fourth-order valence-electron chi connectivity index (χ4n) is 3.87. The SMILES string of the molecule is CCC(NC(=NCC(=O)N(C)C)N1CCC2(CCOCC2)C1)c1cccs1.I. The van der Waals surface area contributed by atoms with Crippen molar-refractivity contribution in [2.45, 2.75) is 38.6 Å². The number of aliphatic imine (C=N–C) groups is 1. The molecule has 3 rings (SSSR count). The maximum absolute atomic E-state index is 12.1. The molecule has 1 unspecified atom stereocenters. The topological polar surface area (TPSA) is 57.2 Å². The van der Waals surface area contributed by atoms with Gasteiger partial charge in [0.25, 0.3) is 0 Å². The zero-order chi connectivity index (χ0) is 19.3. The predicted molar refractivity (Wildman–Crippen MR) is 126 cm³/mol. The van der Waals surface area contributed by atoms with E-state index in [0.717, 1.165) is 51.5 Å². The first kappa shape index (κ1) is 23.4. The van der Waals surface area contributed by atoms with Gasteiger partial charge in [-0.2, -0.15) is 0 Å². The Morgan fingerprint density at radius 1 is 1.39 bits per heavy atom. The molecule has 1 amide bonds. The van der Waals surface area contributed by atoms with Crippen molar-refractivity contribution in [3.8, 4) is 0 Å². The molecular weight excluding hydrogens is 487 g/mol. The first-order valence-corrected chi connectivity index (χ1v) is 10.8. The van der Waals surface area contributed by atoms with Crippen LogP contribution in [0.4, 0.5) is 0 Å². The summed E-state index contributed by atoms with van der Waals surface area (Å²) >= 11 is 1.76. The molecule has 2 aliphatic rings. The molecule has 0 bridgehead atoms. The van der Waals surface area contributed by atoms with Crippen molar-refractivity contribution < 1.29 is 9.53 Å². The zero-order valence-corrected chi connectivity index (χ0v) is 20.3. The molecule has 2 fully saturated rings. The van der Waals surface area contributed by atoms with E-state index in [1.54, 1.807) is 30.3 Å². The van der Waals surface area contributed by atoms with Crippen LogP contribution in [0.2, 0.25) is 0 Å². The Labute approximate surface area is 189 Å². The molecule has 1 aromatic heterocycles. The number of nitrogens with zero attached hydrogens (tertiary/aromatic N) is 3. The Morgan fingerprint density at radius 3 is 2.75 bits per heavy atom. The van der Waals surface area contributed by atoms with Gasteiger partial charge in [0.05, 0.1) is 6.04 Å². The van der Waals surface area contributed by atoms with Gasteiger partial charge in [0.2, 0.25) is 5.91 Å². The summed E-state index contributed by atoms with van der Waals surface area (Å²) in [6.07, 6.45) is 4.40. The Kier molecular flexibility index (Phi) is 9.01. The second-order valence-corrected chi connectivity index (χ2v) is 8.81. The molecule has 1 atom stereocenters. The number of guanidine groups is 1. The van der Waals surface area contributed by atoms with Gasteiger partial charge in [-0.3, -0.25) is 4.79 Å². The number of thiophene rings is 1. The van der Waals surface area contributed by atoms with Crippen molar-refractivity contribution in [2.75, 3.05) is 46.9 Å². The molecule has 1 aromatic rings. The standard InChI is InChI=1S/C20H32N4O2S.HI/c1-4-16(17-6-5-13-27-17)22-19(21-14-18(25)23(2)3)24-10-7-20(15-24)8-11-26-12-9-20;/h5-6,13,16H,4,7-12,14-15H2,1-3H3,(H,21,22);1H. The number of likely N-dealkylation sites (N-methyl/N-ethyl adjacent to an activating group) is 1. The minimum absolute atomic E-state index is 0. The van der Waals surface area contributed by atoms with Gasteiger partial charge in [0.1, 0.15) is 6.54 Å². The zero-order valence-electron chi connectivity index (χ0n) is 17.1. The number of hydrogen-bond donors (Lipinski definition) is 1. The van der Waals surface area contributed by atoms with Crippen LogP contribution in [0.5, 0.6) is 0 Å². The molecule has 0 aliphatic carbocycles. The van der Waals surface area contributed by atoms with Crippen LogP contribution < -0.4 is 5.32 Å². The second kappa shape index (κ2) is 10.8. The number of halogens is 1. The van der Waals surface area contributed by atoms with Gasteiger partial charge in [-0.15, -0.1) is 35.3 Å². The summed E-state index contributed by atoms with van der Waals surface area (Å²) < 4.78 is 5.57. The van der Waals surface area contributed by atoms with E-state index in [4.69, 9.17) is 9.73 Å². The Balaban J connectivity index is 0.00000280. The number of nitrogens with one attached hydrogen (secondary N) is 1. The fourth-order valence-corrected chi connectivity index (χ4v) is 4.73. The summed E-state index contributed by atoms with van der Waals surface area (Å²) in [6, 6.07) is 4.48. The molecule has 0 radical (unpaired) electrons. The summed E-state index contributed by atoms with van der Waals surface area (Å²) in [6.45, 7) is 6.08. The Hall–Kier alpha value is -0.870. The molecule has 0 aromatic carbocycles. The van der Waals surface area contributed by atoms with Crippen LogP contribution in [-0.2, 0) is 9.53 Å². The predicted octanol–water partition coefficient (Wildman–Crippen LogP) is 3.35. The molecule has 1 N–H and O–H groups in total. The quantitative estimate of drug-likeness (QED) is 0.368. The Morgan fingerprint density at radius 2 is 2.14 bits per heavy atom. The van der Waals surface area contributed by atoms with Crippen LogP contribution in [0, 0.1) is 5.41 Å². The lowest BCUT2D eigenvalue weighted by Crippen LogP contribution is -2.44.